The maximum absolute atomic E-state index is 6.38. The Morgan fingerprint density at radius 2 is 2.00 bits per heavy atom. The molecular formula is C17H25ClN2O. The molecule has 116 valence electrons. The Bertz CT molecular complexity index is 604. The Kier molecular flexibility index (Phi) is 5.28. The summed E-state index contributed by atoms with van der Waals surface area (Å²) in [6.45, 7) is 11.9. The van der Waals surface area contributed by atoms with Gasteiger partial charge in [-0.2, -0.15) is 0 Å². The molecule has 2 atom stereocenters. The van der Waals surface area contributed by atoms with E-state index in [2.05, 4.69) is 43.5 Å². The second-order valence-corrected chi connectivity index (χ2v) is 6.57. The van der Waals surface area contributed by atoms with Crippen molar-refractivity contribution < 1.29 is 4.74 Å². The van der Waals surface area contributed by atoms with Crippen LogP contribution in [0, 0.1) is 12.8 Å². The standard InChI is InChI=1S/C17H25ClN2O/c1-6-21-10-16(11(2)3)20-15-8-7-12(4)9-14(15)19-17(20)13(5)18/h7-9,11,13,16H,6,10H2,1-5H3. The van der Waals surface area contributed by atoms with Crippen LogP contribution < -0.4 is 0 Å². The van der Waals surface area contributed by atoms with Crippen LogP contribution in [-0.4, -0.2) is 22.8 Å². The lowest BCUT2D eigenvalue weighted by molar-refractivity contribution is 0.0968. The number of aryl methyl sites for hydroxylation is 1. The Labute approximate surface area is 132 Å². The average molecular weight is 309 g/mol. The topological polar surface area (TPSA) is 27.1 Å². The predicted molar refractivity (Wildman–Crippen MR) is 89.1 cm³/mol. The van der Waals surface area contributed by atoms with Crippen molar-refractivity contribution in [2.24, 2.45) is 5.92 Å². The van der Waals surface area contributed by atoms with Gasteiger partial charge >= 0.3 is 0 Å². The van der Waals surface area contributed by atoms with E-state index in [1.165, 1.54) is 5.56 Å². The van der Waals surface area contributed by atoms with Crippen LogP contribution in [0.1, 0.15) is 50.5 Å². The molecule has 0 spiro atoms. The summed E-state index contributed by atoms with van der Waals surface area (Å²) in [7, 11) is 0. The van der Waals surface area contributed by atoms with E-state index in [9.17, 15) is 0 Å². The van der Waals surface area contributed by atoms with Gasteiger partial charge in [-0.3, -0.25) is 0 Å². The van der Waals surface area contributed by atoms with Gasteiger partial charge in [-0.15, -0.1) is 11.6 Å². The molecule has 1 heterocycles. The van der Waals surface area contributed by atoms with Crippen molar-refractivity contribution in [3.8, 4) is 0 Å². The van der Waals surface area contributed by atoms with Gasteiger partial charge in [0.15, 0.2) is 0 Å². The molecule has 2 unspecified atom stereocenters. The number of imidazole rings is 1. The Morgan fingerprint density at radius 3 is 2.57 bits per heavy atom. The van der Waals surface area contributed by atoms with Crippen molar-refractivity contribution in [1.29, 1.82) is 0 Å². The number of halogens is 1. The van der Waals surface area contributed by atoms with Gasteiger partial charge in [-0.05, 0) is 44.4 Å². The van der Waals surface area contributed by atoms with Crippen LogP contribution >= 0.6 is 11.6 Å². The molecule has 0 saturated heterocycles. The number of benzene rings is 1. The third-order valence-electron chi connectivity index (χ3n) is 3.82. The number of rotatable bonds is 6. The second kappa shape index (κ2) is 6.80. The summed E-state index contributed by atoms with van der Waals surface area (Å²) in [5, 5.41) is -0.124. The van der Waals surface area contributed by atoms with Gasteiger partial charge in [0.2, 0.25) is 0 Å². The summed E-state index contributed by atoms with van der Waals surface area (Å²) in [6.07, 6.45) is 0. The molecule has 2 rings (SSSR count). The van der Waals surface area contributed by atoms with Crippen LogP contribution in [0.2, 0.25) is 0 Å². The molecule has 0 aliphatic carbocycles. The quantitative estimate of drug-likeness (QED) is 0.711. The Morgan fingerprint density at radius 1 is 1.29 bits per heavy atom. The average Bonchev–Trinajstić information content (AvgIpc) is 2.77. The molecule has 0 N–H and O–H groups in total. The zero-order valence-electron chi connectivity index (χ0n) is 13.6. The number of nitrogens with zero attached hydrogens (tertiary/aromatic N) is 2. The van der Waals surface area contributed by atoms with Gasteiger partial charge < -0.3 is 9.30 Å². The largest absolute Gasteiger partial charge is 0.380 e. The number of hydrogen-bond acceptors (Lipinski definition) is 2. The van der Waals surface area contributed by atoms with Crippen LogP contribution in [0.15, 0.2) is 18.2 Å². The highest BCUT2D eigenvalue weighted by Crippen LogP contribution is 2.31. The lowest BCUT2D eigenvalue weighted by Crippen LogP contribution is -2.23. The number of hydrogen-bond donors (Lipinski definition) is 0. The summed E-state index contributed by atoms with van der Waals surface area (Å²) in [5.74, 6) is 1.38. The fourth-order valence-corrected chi connectivity index (χ4v) is 2.81. The van der Waals surface area contributed by atoms with E-state index in [0.717, 1.165) is 23.5 Å². The van der Waals surface area contributed by atoms with Crippen LogP contribution in [0.3, 0.4) is 0 Å². The number of aromatic nitrogens is 2. The first-order chi connectivity index (χ1) is 9.95. The third-order valence-corrected chi connectivity index (χ3v) is 4.02. The normalized spacial score (nSPS) is 14.8. The third kappa shape index (κ3) is 3.41. The molecule has 4 heteroatoms. The summed E-state index contributed by atoms with van der Waals surface area (Å²) < 4.78 is 7.97. The zero-order valence-corrected chi connectivity index (χ0v) is 14.3. The van der Waals surface area contributed by atoms with Crippen molar-refractivity contribution in [2.75, 3.05) is 13.2 Å². The maximum Gasteiger partial charge on any atom is 0.128 e. The monoisotopic (exact) mass is 308 g/mol. The minimum absolute atomic E-state index is 0.124. The molecule has 1 aromatic heterocycles. The van der Waals surface area contributed by atoms with Gasteiger partial charge in [-0.25, -0.2) is 4.98 Å². The molecular weight excluding hydrogens is 284 g/mol. The van der Waals surface area contributed by atoms with Gasteiger partial charge in [0.25, 0.3) is 0 Å². The number of alkyl halides is 1. The molecule has 0 amide bonds. The van der Waals surface area contributed by atoms with Gasteiger partial charge in [0.1, 0.15) is 5.82 Å². The molecule has 0 fully saturated rings. The second-order valence-electron chi connectivity index (χ2n) is 5.92. The molecule has 21 heavy (non-hydrogen) atoms. The summed E-state index contributed by atoms with van der Waals surface area (Å²) in [4.78, 5) is 4.76. The summed E-state index contributed by atoms with van der Waals surface area (Å²) >= 11 is 6.38. The Hall–Kier alpha value is -1.06. The minimum Gasteiger partial charge on any atom is -0.380 e. The first kappa shape index (κ1) is 16.3. The minimum atomic E-state index is -0.124. The molecule has 0 radical (unpaired) electrons. The highest BCUT2D eigenvalue weighted by atomic mass is 35.5. The van der Waals surface area contributed by atoms with E-state index in [1.807, 2.05) is 13.8 Å². The van der Waals surface area contributed by atoms with Crippen molar-refractivity contribution in [3.05, 3.63) is 29.6 Å². The smallest absolute Gasteiger partial charge is 0.128 e. The van der Waals surface area contributed by atoms with Gasteiger partial charge in [0.05, 0.1) is 29.1 Å². The molecule has 0 aliphatic heterocycles. The van der Waals surface area contributed by atoms with E-state index in [4.69, 9.17) is 21.3 Å². The molecule has 0 bridgehead atoms. The van der Waals surface area contributed by atoms with E-state index in [1.54, 1.807) is 0 Å². The van der Waals surface area contributed by atoms with Crippen LogP contribution in [-0.2, 0) is 4.74 Å². The summed E-state index contributed by atoms with van der Waals surface area (Å²) in [6, 6.07) is 6.63. The van der Waals surface area contributed by atoms with Crippen LogP contribution in [0.5, 0.6) is 0 Å². The van der Waals surface area contributed by atoms with Crippen molar-refractivity contribution >= 4 is 22.6 Å². The Balaban J connectivity index is 2.59. The lowest BCUT2D eigenvalue weighted by Gasteiger charge is -2.25. The van der Waals surface area contributed by atoms with Crippen LogP contribution in [0.25, 0.3) is 11.0 Å². The molecule has 2 aromatic rings. The van der Waals surface area contributed by atoms with Crippen LogP contribution in [0.4, 0.5) is 0 Å². The number of fused-ring (bicyclic) bond motifs is 1. The van der Waals surface area contributed by atoms with Crippen molar-refractivity contribution in [3.63, 3.8) is 0 Å². The highest BCUT2D eigenvalue weighted by Gasteiger charge is 2.24. The number of ether oxygens (including phenoxy) is 1. The summed E-state index contributed by atoms with van der Waals surface area (Å²) in [5.41, 5.74) is 3.37. The lowest BCUT2D eigenvalue weighted by atomic mass is 10.0. The zero-order chi connectivity index (χ0) is 15.6. The van der Waals surface area contributed by atoms with E-state index in [0.29, 0.717) is 12.5 Å². The van der Waals surface area contributed by atoms with Crippen molar-refractivity contribution in [1.82, 2.24) is 9.55 Å². The van der Waals surface area contributed by atoms with E-state index >= 15 is 0 Å². The first-order valence-corrected chi connectivity index (χ1v) is 8.09. The van der Waals surface area contributed by atoms with Gasteiger partial charge in [0, 0.05) is 6.61 Å². The van der Waals surface area contributed by atoms with Crippen molar-refractivity contribution in [2.45, 2.75) is 46.0 Å². The maximum atomic E-state index is 6.38. The molecule has 0 saturated carbocycles. The molecule has 3 nitrogen and oxygen atoms in total. The fraction of sp³-hybridized carbons (Fsp3) is 0.588. The highest BCUT2D eigenvalue weighted by molar-refractivity contribution is 6.20. The molecule has 1 aromatic carbocycles. The van der Waals surface area contributed by atoms with Gasteiger partial charge in [-0.1, -0.05) is 19.9 Å². The first-order valence-electron chi connectivity index (χ1n) is 7.66. The molecule has 0 aliphatic rings. The van der Waals surface area contributed by atoms with E-state index in [-0.39, 0.29) is 11.4 Å². The predicted octanol–water partition coefficient (Wildman–Crippen LogP) is 4.88. The SMILES string of the molecule is CCOCC(C(C)C)n1c(C(C)Cl)nc2cc(C)ccc21. The van der Waals surface area contributed by atoms with E-state index < -0.39 is 0 Å². The fourth-order valence-electron chi connectivity index (χ4n) is 2.66.